The summed E-state index contributed by atoms with van der Waals surface area (Å²) in [5.41, 5.74) is 3.05. The number of halogens is 1. The van der Waals surface area contributed by atoms with E-state index in [0.29, 0.717) is 22.2 Å². The molecule has 4 nitrogen and oxygen atoms in total. The molecule has 1 fully saturated rings. The van der Waals surface area contributed by atoms with E-state index in [-0.39, 0.29) is 11.9 Å². The number of carbonyl (C=O) groups excluding carboxylic acids is 1. The molecule has 3 aromatic carbocycles. The Morgan fingerprint density at radius 3 is 2.39 bits per heavy atom. The lowest BCUT2D eigenvalue weighted by Gasteiger charge is -2.36. The van der Waals surface area contributed by atoms with E-state index in [2.05, 4.69) is 23.2 Å². The summed E-state index contributed by atoms with van der Waals surface area (Å²) in [4.78, 5) is 15.6. The van der Waals surface area contributed by atoms with Gasteiger partial charge in [0, 0.05) is 16.0 Å². The van der Waals surface area contributed by atoms with E-state index in [0.717, 1.165) is 48.2 Å². The molecule has 0 saturated carbocycles. The van der Waals surface area contributed by atoms with Crippen LogP contribution in [0, 0.1) is 5.92 Å². The maximum atomic E-state index is 13.2. The minimum Gasteiger partial charge on any atom is -0.457 e. The van der Waals surface area contributed by atoms with Gasteiger partial charge in [0.2, 0.25) is 0 Å². The number of fused-ring (bicyclic) bond motifs is 1. The highest BCUT2D eigenvalue weighted by molar-refractivity contribution is 6.31. The number of anilines is 1. The number of rotatable bonds is 5. The Morgan fingerprint density at radius 1 is 0.970 bits per heavy atom. The summed E-state index contributed by atoms with van der Waals surface area (Å²) in [5.74, 6) is 1.26. The molecular weight excluding hydrogens is 432 g/mol. The Morgan fingerprint density at radius 2 is 1.64 bits per heavy atom. The molecule has 1 aliphatic rings. The average Bonchev–Trinajstić information content (AvgIpc) is 3.20. The fourth-order valence-electron chi connectivity index (χ4n) is 4.65. The van der Waals surface area contributed by atoms with Crippen molar-refractivity contribution in [2.24, 2.45) is 5.92 Å². The van der Waals surface area contributed by atoms with Crippen LogP contribution in [0.2, 0.25) is 5.02 Å². The van der Waals surface area contributed by atoms with Crippen molar-refractivity contribution in [2.45, 2.75) is 25.8 Å². The predicted octanol–water partition coefficient (Wildman–Crippen LogP) is 7.16. The molecule has 1 saturated heterocycles. The van der Waals surface area contributed by atoms with E-state index in [1.165, 1.54) is 0 Å². The lowest BCUT2D eigenvalue weighted by Crippen LogP contribution is -2.37. The van der Waals surface area contributed by atoms with Crippen LogP contribution >= 0.6 is 11.6 Å². The highest BCUT2D eigenvalue weighted by atomic mass is 35.5. The first-order valence-electron chi connectivity index (χ1n) is 11.5. The summed E-state index contributed by atoms with van der Waals surface area (Å²) in [5, 5.41) is 4.75. The number of benzene rings is 3. The Hall–Kier alpha value is -3.08. The Balaban J connectivity index is 1.64. The first-order chi connectivity index (χ1) is 16.1. The standard InChI is InChI=1S/C28H27ClN2O2/c1-19-15-17-31(18-16-19)26(21-11-5-7-13-23(21)29)27-25(22-12-6-8-14-24(22)33-27)30-28(32)20-9-3-2-4-10-20/h2-14,19,26H,15-18H2,1H3,(H,30,32)/t26-/m0/s1. The number of likely N-dealkylation sites (tertiary alicyclic amines) is 1. The van der Waals surface area contributed by atoms with Gasteiger partial charge in [0.25, 0.3) is 5.91 Å². The molecule has 0 bridgehead atoms. The molecular formula is C28H27ClN2O2. The number of nitrogens with zero attached hydrogens (tertiary/aromatic N) is 1. The van der Waals surface area contributed by atoms with Crippen molar-refractivity contribution in [3.8, 4) is 0 Å². The second kappa shape index (κ2) is 9.42. The van der Waals surface area contributed by atoms with Gasteiger partial charge in [-0.25, -0.2) is 0 Å². The quantitative estimate of drug-likeness (QED) is 0.345. The topological polar surface area (TPSA) is 45.5 Å². The van der Waals surface area contributed by atoms with E-state index < -0.39 is 0 Å². The maximum absolute atomic E-state index is 13.2. The van der Waals surface area contributed by atoms with Crippen molar-refractivity contribution in [3.63, 3.8) is 0 Å². The van der Waals surface area contributed by atoms with Crippen LogP contribution in [0.3, 0.4) is 0 Å². The van der Waals surface area contributed by atoms with Crippen molar-refractivity contribution < 1.29 is 9.21 Å². The zero-order chi connectivity index (χ0) is 22.8. The van der Waals surface area contributed by atoms with Crippen LogP contribution in [0.5, 0.6) is 0 Å². The van der Waals surface area contributed by atoms with Crippen molar-refractivity contribution in [1.29, 1.82) is 0 Å². The van der Waals surface area contributed by atoms with Crippen LogP contribution in [0.1, 0.15) is 47.5 Å². The van der Waals surface area contributed by atoms with Gasteiger partial charge in [-0.15, -0.1) is 0 Å². The smallest absolute Gasteiger partial charge is 0.255 e. The molecule has 1 aliphatic heterocycles. The van der Waals surface area contributed by atoms with Gasteiger partial charge in [0.1, 0.15) is 5.58 Å². The molecule has 4 aromatic rings. The highest BCUT2D eigenvalue weighted by Gasteiger charge is 2.33. The van der Waals surface area contributed by atoms with Gasteiger partial charge in [0.05, 0.1) is 11.7 Å². The lowest BCUT2D eigenvalue weighted by atomic mass is 9.94. The summed E-state index contributed by atoms with van der Waals surface area (Å²) in [6.07, 6.45) is 2.24. The van der Waals surface area contributed by atoms with Gasteiger partial charge in [-0.1, -0.05) is 67.1 Å². The van der Waals surface area contributed by atoms with Crippen LogP contribution in [0.4, 0.5) is 5.69 Å². The van der Waals surface area contributed by atoms with E-state index >= 15 is 0 Å². The third kappa shape index (κ3) is 4.41. The van der Waals surface area contributed by atoms with Gasteiger partial charge < -0.3 is 9.73 Å². The largest absolute Gasteiger partial charge is 0.457 e. The first-order valence-corrected chi connectivity index (χ1v) is 11.9. The van der Waals surface area contributed by atoms with E-state index in [9.17, 15) is 4.79 Å². The number of hydrogen-bond acceptors (Lipinski definition) is 3. The number of nitrogens with one attached hydrogen (secondary N) is 1. The first kappa shape index (κ1) is 21.7. The van der Waals surface area contributed by atoms with Crippen LogP contribution < -0.4 is 5.32 Å². The van der Waals surface area contributed by atoms with Gasteiger partial charge in [-0.3, -0.25) is 9.69 Å². The molecule has 2 heterocycles. The predicted molar refractivity (Wildman–Crippen MR) is 134 cm³/mol. The molecule has 33 heavy (non-hydrogen) atoms. The third-order valence-electron chi connectivity index (χ3n) is 6.53. The normalized spacial score (nSPS) is 16.1. The minimum atomic E-state index is -0.190. The number of piperidine rings is 1. The minimum absolute atomic E-state index is 0.159. The van der Waals surface area contributed by atoms with Gasteiger partial charge in [-0.05, 0) is 67.7 Å². The molecule has 1 atom stereocenters. The molecule has 0 aliphatic carbocycles. The SMILES string of the molecule is CC1CCN([C@@H](c2ccccc2Cl)c2oc3ccccc3c2NC(=O)c2ccccc2)CC1. The molecule has 5 heteroatoms. The molecule has 1 amide bonds. The number of furan rings is 1. The zero-order valence-corrected chi connectivity index (χ0v) is 19.4. The number of carbonyl (C=O) groups is 1. The fraction of sp³-hybridized carbons (Fsp3) is 0.250. The van der Waals surface area contributed by atoms with Crippen molar-refractivity contribution >= 4 is 34.2 Å². The van der Waals surface area contributed by atoms with Gasteiger partial charge in [0.15, 0.2) is 5.76 Å². The number of amides is 1. The molecule has 168 valence electrons. The van der Waals surface area contributed by atoms with Crippen molar-refractivity contribution in [3.05, 3.63) is 101 Å². The molecule has 0 unspecified atom stereocenters. The summed E-state index contributed by atoms with van der Waals surface area (Å²) in [6.45, 7) is 4.19. The van der Waals surface area contributed by atoms with Crippen LogP contribution in [-0.2, 0) is 0 Å². The highest BCUT2D eigenvalue weighted by Crippen LogP contribution is 2.43. The van der Waals surface area contributed by atoms with Crippen LogP contribution in [0.25, 0.3) is 11.0 Å². The lowest BCUT2D eigenvalue weighted by molar-refractivity contribution is 0.102. The second-order valence-electron chi connectivity index (χ2n) is 8.80. The Kier molecular flexibility index (Phi) is 6.21. The summed E-state index contributed by atoms with van der Waals surface area (Å²) in [7, 11) is 0. The number of para-hydroxylation sites is 1. The maximum Gasteiger partial charge on any atom is 0.255 e. The van der Waals surface area contributed by atoms with Crippen LogP contribution in [-0.4, -0.2) is 23.9 Å². The second-order valence-corrected chi connectivity index (χ2v) is 9.21. The monoisotopic (exact) mass is 458 g/mol. The molecule has 1 aromatic heterocycles. The average molecular weight is 459 g/mol. The number of hydrogen-bond donors (Lipinski definition) is 1. The van der Waals surface area contributed by atoms with Crippen LogP contribution in [0.15, 0.2) is 83.3 Å². The molecule has 0 spiro atoms. The third-order valence-corrected chi connectivity index (χ3v) is 6.87. The van der Waals surface area contributed by atoms with E-state index in [1.807, 2.05) is 72.8 Å². The Labute approximate surface area is 199 Å². The summed E-state index contributed by atoms with van der Waals surface area (Å²) < 4.78 is 6.47. The van der Waals surface area contributed by atoms with Crippen molar-refractivity contribution in [2.75, 3.05) is 18.4 Å². The summed E-state index contributed by atoms with van der Waals surface area (Å²) >= 11 is 6.71. The van der Waals surface area contributed by atoms with Gasteiger partial charge in [-0.2, -0.15) is 0 Å². The zero-order valence-electron chi connectivity index (χ0n) is 18.6. The van der Waals surface area contributed by atoms with Crippen molar-refractivity contribution in [1.82, 2.24) is 4.90 Å². The molecule has 0 radical (unpaired) electrons. The Bertz CT molecular complexity index is 1260. The summed E-state index contributed by atoms with van der Waals surface area (Å²) in [6, 6.07) is 24.8. The van der Waals surface area contributed by atoms with E-state index in [1.54, 1.807) is 0 Å². The molecule has 5 rings (SSSR count). The fourth-order valence-corrected chi connectivity index (χ4v) is 4.89. The van der Waals surface area contributed by atoms with Gasteiger partial charge >= 0.3 is 0 Å². The van der Waals surface area contributed by atoms with E-state index in [4.69, 9.17) is 16.0 Å². The molecule has 1 N–H and O–H groups in total.